The Labute approximate surface area is 89.5 Å². The summed E-state index contributed by atoms with van der Waals surface area (Å²) in [6, 6.07) is 0. The maximum absolute atomic E-state index is 12.6. The van der Waals surface area contributed by atoms with Crippen molar-refractivity contribution in [3.05, 3.63) is 17.3 Å². The standard InChI is InChI=1S/C7H7ClF2N2O2S/c1-3-2-12-7(11)5(15(8,13)14)4(3)6(9)10/h2,6H,1H3,(H2,11,12). The smallest absolute Gasteiger partial charge is 0.265 e. The Morgan fingerprint density at radius 2 is 2.07 bits per heavy atom. The third-order valence-corrected chi connectivity index (χ3v) is 3.14. The Hall–Kier alpha value is -0.950. The van der Waals surface area contributed by atoms with Gasteiger partial charge in [0.25, 0.3) is 15.5 Å². The molecule has 4 nitrogen and oxygen atoms in total. The molecule has 0 fully saturated rings. The van der Waals surface area contributed by atoms with Crippen LogP contribution in [0.2, 0.25) is 0 Å². The minimum absolute atomic E-state index is 0.0263. The molecule has 0 aromatic carbocycles. The van der Waals surface area contributed by atoms with E-state index in [0.717, 1.165) is 6.20 Å². The monoisotopic (exact) mass is 256 g/mol. The van der Waals surface area contributed by atoms with E-state index in [1.807, 2.05) is 0 Å². The van der Waals surface area contributed by atoms with Gasteiger partial charge in [0.05, 0.1) is 0 Å². The zero-order valence-corrected chi connectivity index (χ0v) is 9.11. The van der Waals surface area contributed by atoms with Gasteiger partial charge in [0.2, 0.25) is 0 Å². The van der Waals surface area contributed by atoms with Gasteiger partial charge in [-0.25, -0.2) is 22.2 Å². The number of anilines is 1. The molecule has 0 aliphatic rings. The van der Waals surface area contributed by atoms with Crippen molar-refractivity contribution in [1.82, 2.24) is 4.98 Å². The summed E-state index contributed by atoms with van der Waals surface area (Å²) >= 11 is 0. The van der Waals surface area contributed by atoms with Crippen LogP contribution in [-0.2, 0) is 9.05 Å². The Balaban J connectivity index is 3.68. The number of nitrogen functional groups attached to an aromatic ring is 1. The third-order valence-electron chi connectivity index (χ3n) is 1.76. The van der Waals surface area contributed by atoms with Gasteiger partial charge in [-0.05, 0) is 12.5 Å². The first-order valence-corrected chi connectivity index (χ1v) is 6.04. The number of pyridine rings is 1. The highest BCUT2D eigenvalue weighted by Gasteiger charge is 2.27. The molecule has 0 saturated carbocycles. The Kier molecular flexibility index (Phi) is 3.15. The zero-order chi connectivity index (χ0) is 11.8. The third kappa shape index (κ3) is 2.35. The highest BCUT2D eigenvalue weighted by atomic mass is 35.7. The van der Waals surface area contributed by atoms with Crippen molar-refractivity contribution in [1.29, 1.82) is 0 Å². The number of aromatic nitrogens is 1. The van der Waals surface area contributed by atoms with E-state index in [0.29, 0.717) is 0 Å². The minimum atomic E-state index is -4.33. The maximum Gasteiger partial charge on any atom is 0.265 e. The first-order chi connectivity index (χ1) is 6.75. The molecule has 1 rings (SSSR count). The van der Waals surface area contributed by atoms with Crippen LogP contribution in [0.1, 0.15) is 17.6 Å². The van der Waals surface area contributed by atoms with Crippen LogP contribution < -0.4 is 5.73 Å². The Bertz CT molecular complexity index is 490. The average molecular weight is 257 g/mol. The Morgan fingerprint density at radius 3 is 2.40 bits per heavy atom. The number of halogens is 3. The van der Waals surface area contributed by atoms with E-state index in [1.54, 1.807) is 0 Å². The minimum Gasteiger partial charge on any atom is -0.383 e. The van der Waals surface area contributed by atoms with E-state index < -0.39 is 31.8 Å². The molecule has 0 aliphatic carbocycles. The molecule has 0 amide bonds. The van der Waals surface area contributed by atoms with E-state index in [-0.39, 0.29) is 5.56 Å². The summed E-state index contributed by atoms with van der Waals surface area (Å²) in [6.45, 7) is 1.31. The van der Waals surface area contributed by atoms with Crippen molar-refractivity contribution < 1.29 is 17.2 Å². The summed E-state index contributed by atoms with van der Waals surface area (Å²) in [6.07, 6.45) is -1.90. The number of hydrogen-bond acceptors (Lipinski definition) is 4. The number of aryl methyl sites for hydroxylation is 1. The maximum atomic E-state index is 12.6. The van der Waals surface area contributed by atoms with Crippen molar-refractivity contribution in [2.75, 3.05) is 5.73 Å². The van der Waals surface area contributed by atoms with Gasteiger partial charge in [0.1, 0.15) is 10.7 Å². The van der Waals surface area contributed by atoms with Gasteiger partial charge in [-0.3, -0.25) is 0 Å². The van der Waals surface area contributed by atoms with Crippen molar-refractivity contribution in [2.24, 2.45) is 0 Å². The van der Waals surface area contributed by atoms with Gasteiger partial charge in [-0.2, -0.15) is 0 Å². The largest absolute Gasteiger partial charge is 0.383 e. The topological polar surface area (TPSA) is 73.0 Å². The van der Waals surface area contributed by atoms with Gasteiger partial charge in [0.15, 0.2) is 0 Å². The molecule has 1 aromatic heterocycles. The van der Waals surface area contributed by atoms with Crippen LogP contribution in [0.15, 0.2) is 11.1 Å². The van der Waals surface area contributed by atoms with E-state index in [2.05, 4.69) is 4.98 Å². The molecule has 0 unspecified atom stereocenters. The van der Waals surface area contributed by atoms with Crippen molar-refractivity contribution in [3.63, 3.8) is 0 Å². The van der Waals surface area contributed by atoms with Crippen LogP contribution in [0.25, 0.3) is 0 Å². The van der Waals surface area contributed by atoms with Crippen LogP contribution in [-0.4, -0.2) is 13.4 Å². The van der Waals surface area contributed by atoms with Crippen LogP contribution in [0.5, 0.6) is 0 Å². The summed E-state index contributed by atoms with van der Waals surface area (Å²) in [5, 5.41) is 0. The first kappa shape index (κ1) is 12.1. The molecule has 0 aliphatic heterocycles. The fraction of sp³-hybridized carbons (Fsp3) is 0.286. The predicted molar refractivity (Wildman–Crippen MR) is 51.4 cm³/mol. The summed E-state index contributed by atoms with van der Waals surface area (Å²) < 4.78 is 47.3. The lowest BCUT2D eigenvalue weighted by molar-refractivity contribution is 0.147. The van der Waals surface area contributed by atoms with E-state index in [4.69, 9.17) is 16.4 Å². The molecule has 15 heavy (non-hydrogen) atoms. The molecule has 0 saturated heterocycles. The number of hydrogen-bond donors (Lipinski definition) is 1. The predicted octanol–water partition coefficient (Wildman–Crippen LogP) is 1.84. The van der Waals surface area contributed by atoms with Crippen molar-refractivity contribution >= 4 is 25.6 Å². The fourth-order valence-corrected chi connectivity index (χ4v) is 2.44. The van der Waals surface area contributed by atoms with Crippen LogP contribution in [0.3, 0.4) is 0 Å². The van der Waals surface area contributed by atoms with Gasteiger partial charge >= 0.3 is 0 Å². The fourth-order valence-electron chi connectivity index (χ4n) is 1.14. The number of nitrogens with zero attached hydrogens (tertiary/aromatic N) is 1. The summed E-state index contributed by atoms with van der Waals surface area (Å²) in [4.78, 5) is 2.66. The summed E-state index contributed by atoms with van der Waals surface area (Å²) in [5.41, 5.74) is 4.54. The SMILES string of the molecule is Cc1cnc(N)c(S(=O)(=O)Cl)c1C(F)F. The van der Waals surface area contributed by atoms with Gasteiger partial charge < -0.3 is 5.73 Å². The van der Waals surface area contributed by atoms with Crippen LogP contribution in [0.4, 0.5) is 14.6 Å². The van der Waals surface area contributed by atoms with Crippen LogP contribution in [0, 0.1) is 6.92 Å². The highest BCUT2D eigenvalue weighted by molar-refractivity contribution is 8.13. The lowest BCUT2D eigenvalue weighted by Gasteiger charge is -2.10. The molecule has 2 N–H and O–H groups in total. The second kappa shape index (κ2) is 3.90. The lowest BCUT2D eigenvalue weighted by atomic mass is 10.1. The number of nitrogens with two attached hydrogens (primary N) is 1. The lowest BCUT2D eigenvalue weighted by Crippen LogP contribution is -2.07. The van der Waals surface area contributed by atoms with Crippen molar-refractivity contribution in [3.8, 4) is 0 Å². The second-order valence-electron chi connectivity index (χ2n) is 2.81. The molecule has 84 valence electrons. The zero-order valence-electron chi connectivity index (χ0n) is 7.54. The number of rotatable bonds is 2. The molecule has 0 spiro atoms. The average Bonchev–Trinajstić information content (AvgIpc) is 2.05. The number of alkyl halides is 2. The second-order valence-corrected chi connectivity index (χ2v) is 5.31. The first-order valence-electron chi connectivity index (χ1n) is 3.73. The molecule has 0 atom stereocenters. The highest BCUT2D eigenvalue weighted by Crippen LogP contribution is 2.33. The molecular weight excluding hydrogens is 250 g/mol. The molecular formula is C7H7ClF2N2O2S. The molecule has 8 heteroatoms. The van der Waals surface area contributed by atoms with E-state index in [1.165, 1.54) is 6.92 Å². The quantitative estimate of drug-likeness (QED) is 0.820. The molecule has 0 radical (unpaired) electrons. The Morgan fingerprint density at radius 1 is 1.53 bits per heavy atom. The van der Waals surface area contributed by atoms with Gasteiger partial charge in [-0.1, -0.05) is 0 Å². The molecule has 0 bridgehead atoms. The normalized spacial score (nSPS) is 12.1. The molecule has 1 aromatic rings. The van der Waals surface area contributed by atoms with E-state index in [9.17, 15) is 17.2 Å². The summed E-state index contributed by atoms with van der Waals surface area (Å²) in [7, 11) is 0.677. The van der Waals surface area contributed by atoms with Gasteiger partial charge in [-0.15, -0.1) is 0 Å². The van der Waals surface area contributed by atoms with E-state index >= 15 is 0 Å². The van der Waals surface area contributed by atoms with Crippen molar-refractivity contribution in [2.45, 2.75) is 18.2 Å². The van der Waals surface area contributed by atoms with Gasteiger partial charge in [0, 0.05) is 22.4 Å². The van der Waals surface area contributed by atoms with Crippen LogP contribution >= 0.6 is 10.7 Å². The summed E-state index contributed by atoms with van der Waals surface area (Å²) in [5.74, 6) is -0.522. The molecule has 1 heterocycles.